The van der Waals surface area contributed by atoms with Crippen molar-refractivity contribution >= 4 is 11.3 Å². The molecule has 0 unspecified atom stereocenters. The van der Waals surface area contributed by atoms with E-state index in [2.05, 4.69) is 25.1 Å². The zero-order valence-corrected chi connectivity index (χ0v) is 10.9. The topological polar surface area (TPSA) is 47.6 Å². The van der Waals surface area contributed by atoms with Gasteiger partial charge in [0.1, 0.15) is 10.9 Å². The second kappa shape index (κ2) is 5.49. The van der Waals surface area contributed by atoms with E-state index in [0.717, 1.165) is 28.8 Å². The van der Waals surface area contributed by atoms with Crippen LogP contribution in [0.4, 0.5) is 0 Å². The van der Waals surface area contributed by atoms with Gasteiger partial charge in [-0.15, -0.1) is 11.3 Å². The summed E-state index contributed by atoms with van der Waals surface area (Å²) in [5, 5.41) is 17.8. The monoisotopic (exact) mass is 252 g/mol. The van der Waals surface area contributed by atoms with Gasteiger partial charge in [0, 0.05) is 4.88 Å². The minimum atomic E-state index is 0.666. The molecule has 1 heterocycles. The lowest BCUT2D eigenvalue weighted by Crippen LogP contribution is -1.88. The molecule has 0 bridgehead atoms. The van der Waals surface area contributed by atoms with E-state index in [1.165, 1.54) is 4.88 Å². The van der Waals surface area contributed by atoms with Crippen molar-refractivity contribution < 1.29 is 0 Å². The van der Waals surface area contributed by atoms with Crippen molar-refractivity contribution in [2.75, 3.05) is 0 Å². The van der Waals surface area contributed by atoms with Gasteiger partial charge in [0.25, 0.3) is 0 Å². The third kappa shape index (κ3) is 2.59. The third-order valence-corrected chi connectivity index (χ3v) is 4.01. The largest absolute Gasteiger partial charge is 0.192 e. The first-order valence-corrected chi connectivity index (χ1v) is 6.59. The molecule has 18 heavy (non-hydrogen) atoms. The second-order valence-corrected chi connectivity index (χ2v) is 5.15. The summed E-state index contributed by atoms with van der Waals surface area (Å²) >= 11 is 1.57. The summed E-state index contributed by atoms with van der Waals surface area (Å²) < 4.78 is 0. The molecular weight excluding hydrogens is 240 g/mol. The van der Waals surface area contributed by atoms with Crippen LogP contribution in [0.5, 0.6) is 0 Å². The van der Waals surface area contributed by atoms with Crippen LogP contribution in [0.1, 0.15) is 33.4 Å². The fourth-order valence-corrected chi connectivity index (χ4v) is 2.72. The van der Waals surface area contributed by atoms with Crippen molar-refractivity contribution in [3.8, 4) is 12.1 Å². The minimum absolute atomic E-state index is 0.666. The summed E-state index contributed by atoms with van der Waals surface area (Å²) in [4.78, 5) is 2.05. The predicted molar refractivity (Wildman–Crippen MR) is 72.4 cm³/mol. The smallest absolute Gasteiger partial charge is 0.110 e. The van der Waals surface area contributed by atoms with Crippen LogP contribution in [-0.4, -0.2) is 0 Å². The number of hydrogen-bond acceptors (Lipinski definition) is 3. The maximum Gasteiger partial charge on any atom is 0.110 e. The zero-order valence-electron chi connectivity index (χ0n) is 10.1. The van der Waals surface area contributed by atoms with Crippen molar-refractivity contribution in [1.29, 1.82) is 10.5 Å². The first-order valence-electron chi connectivity index (χ1n) is 5.77. The van der Waals surface area contributed by atoms with Gasteiger partial charge in [-0.1, -0.05) is 19.1 Å². The van der Waals surface area contributed by atoms with Crippen LogP contribution in [0.3, 0.4) is 0 Å². The van der Waals surface area contributed by atoms with Crippen molar-refractivity contribution in [2.24, 2.45) is 0 Å². The summed E-state index contributed by atoms with van der Waals surface area (Å²) in [6.45, 7) is 2.10. The Morgan fingerprint density at radius 2 is 1.83 bits per heavy atom. The Hall–Kier alpha value is -2.10. The van der Waals surface area contributed by atoms with Gasteiger partial charge < -0.3 is 0 Å². The SMILES string of the molecule is CCc1cc(Cc2ccc(C#N)cc2)c(C#N)s1. The quantitative estimate of drug-likeness (QED) is 0.837. The molecule has 0 saturated heterocycles. The van der Waals surface area contributed by atoms with Gasteiger partial charge in [-0.2, -0.15) is 10.5 Å². The highest BCUT2D eigenvalue weighted by molar-refractivity contribution is 7.12. The maximum absolute atomic E-state index is 9.10. The van der Waals surface area contributed by atoms with E-state index in [9.17, 15) is 0 Å². The molecule has 0 saturated carbocycles. The molecular formula is C15H12N2S. The molecule has 3 heteroatoms. The van der Waals surface area contributed by atoms with E-state index >= 15 is 0 Å². The van der Waals surface area contributed by atoms with E-state index in [1.807, 2.05) is 24.3 Å². The number of rotatable bonds is 3. The number of nitriles is 2. The number of thiophene rings is 1. The lowest BCUT2D eigenvalue weighted by Gasteiger charge is -1.99. The molecule has 88 valence electrons. The van der Waals surface area contributed by atoms with Gasteiger partial charge in [-0.05, 0) is 42.2 Å². The number of hydrogen-bond donors (Lipinski definition) is 0. The van der Waals surface area contributed by atoms with Crippen LogP contribution in [0.2, 0.25) is 0 Å². The first kappa shape index (κ1) is 12.4. The van der Waals surface area contributed by atoms with Gasteiger partial charge in [0.05, 0.1) is 11.6 Å². The highest BCUT2D eigenvalue weighted by Gasteiger charge is 2.08. The Kier molecular flexibility index (Phi) is 3.77. The van der Waals surface area contributed by atoms with E-state index in [4.69, 9.17) is 10.5 Å². The van der Waals surface area contributed by atoms with Gasteiger partial charge in [-0.25, -0.2) is 0 Å². The van der Waals surface area contributed by atoms with Crippen LogP contribution < -0.4 is 0 Å². The van der Waals surface area contributed by atoms with Gasteiger partial charge in [0.15, 0.2) is 0 Å². The molecule has 2 aromatic rings. The molecule has 0 amide bonds. The average molecular weight is 252 g/mol. The lowest BCUT2D eigenvalue weighted by atomic mass is 10.0. The molecule has 0 aliphatic carbocycles. The van der Waals surface area contributed by atoms with E-state index in [1.54, 1.807) is 11.3 Å². The van der Waals surface area contributed by atoms with E-state index in [-0.39, 0.29) is 0 Å². The van der Waals surface area contributed by atoms with Crippen LogP contribution >= 0.6 is 11.3 Å². The predicted octanol–water partition coefficient (Wildman–Crippen LogP) is 3.64. The van der Waals surface area contributed by atoms with Gasteiger partial charge in [0.2, 0.25) is 0 Å². The molecule has 0 spiro atoms. The summed E-state index contributed by atoms with van der Waals surface area (Å²) in [5.41, 5.74) is 2.88. The molecule has 0 atom stereocenters. The second-order valence-electron chi connectivity index (χ2n) is 4.02. The molecule has 0 fully saturated rings. The standard InChI is InChI=1S/C15H12N2S/c1-2-14-8-13(15(10-17)18-14)7-11-3-5-12(9-16)6-4-11/h3-6,8H,2,7H2,1H3. The molecule has 2 nitrogen and oxygen atoms in total. The molecule has 0 aliphatic rings. The fraction of sp³-hybridized carbons (Fsp3) is 0.200. The molecule has 1 aromatic carbocycles. The van der Waals surface area contributed by atoms with Crippen LogP contribution in [0, 0.1) is 22.7 Å². The van der Waals surface area contributed by atoms with Crippen LogP contribution in [-0.2, 0) is 12.8 Å². The molecule has 2 rings (SSSR count). The van der Waals surface area contributed by atoms with E-state index < -0.39 is 0 Å². The van der Waals surface area contributed by atoms with Crippen LogP contribution in [0.25, 0.3) is 0 Å². The average Bonchev–Trinajstić information content (AvgIpc) is 2.82. The van der Waals surface area contributed by atoms with Gasteiger partial charge in [-0.3, -0.25) is 0 Å². The van der Waals surface area contributed by atoms with Crippen molar-refractivity contribution in [2.45, 2.75) is 19.8 Å². The minimum Gasteiger partial charge on any atom is -0.192 e. The summed E-state index contributed by atoms with van der Waals surface area (Å²) in [6, 6.07) is 14.0. The van der Waals surface area contributed by atoms with E-state index in [0.29, 0.717) is 5.56 Å². The molecule has 0 radical (unpaired) electrons. The zero-order chi connectivity index (χ0) is 13.0. The Bertz CT molecular complexity index is 624. The Morgan fingerprint density at radius 1 is 1.11 bits per heavy atom. The maximum atomic E-state index is 9.10. The summed E-state index contributed by atoms with van der Waals surface area (Å²) in [5.74, 6) is 0. The number of benzene rings is 1. The Balaban J connectivity index is 2.25. The fourth-order valence-electron chi connectivity index (χ4n) is 1.80. The van der Waals surface area contributed by atoms with Crippen molar-refractivity contribution in [1.82, 2.24) is 0 Å². The summed E-state index contributed by atoms with van der Waals surface area (Å²) in [6.07, 6.45) is 1.72. The highest BCUT2D eigenvalue weighted by atomic mass is 32.1. The molecule has 0 aliphatic heterocycles. The van der Waals surface area contributed by atoms with Crippen molar-refractivity contribution in [3.63, 3.8) is 0 Å². The Morgan fingerprint density at radius 3 is 2.39 bits per heavy atom. The van der Waals surface area contributed by atoms with Crippen LogP contribution in [0.15, 0.2) is 30.3 Å². The molecule has 1 aromatic heterocycles. The first-order chi connectivity index (χ1) is 8.76. The lowest BCUT2D eigenvalue weighted by molar-refractivity contribution is 1.15. The Labute approximate surface area is 111 Å². The molecule has 0 N–H and O–H groups in total. The number of aryl methyl sites for hydroxylation is 1. The normalized spacial score (nSPS) is 9.72. The highest BCUT2D eigenvalue weighted by Crippen LogP contribution is 2.24. The number of nitrogens with zero attached hydrogens (tertiary/aromatic N) is 2. The van der Waals surface area contributed by atoms with Gasteiger partial charge >= 0.3 is 0 Å². The third-order valence-electron chi connectivity index (χ3n) is 2.79. The summed E-state index contributed by atoms with van der Waals surface area (Å²) in [7, 11) is 0. The van der Waals surface area contributed by atoms with Crippen molar-refractivity contribution in [3.05, 3.63) is 56.8 Å².